The standard InChI is InChI=1S/C16H26N4O3/c1-10-14(11(2)23-19-10)9-20(4)16(22)18-13-7-5-12(6-8-13)15(21)17-3/h12-13H,5-9H2,1-4H3,(H,17,21)(H,18,22). The fourth-order valence-corrected chi connectivity index (χ4v) is 3.03. The van der Waals surface area contributed by atoms with E-state index in [-0.39, 0.29) is 23.9 Å². The fourth-order valence-electron chi connectivity index (χ4n) is 3.03. The summed E-state index contributed by atoms with van der Waals surface area (Å²) in [4.78, 5) is 25.6. The van der Waals surface area contributed by atoms with Crippen LogP contribution in [0.3, 0.4) is 0 Å². The number of carbonyl (C=O) groups excluding carboxylic acids is 2. The average molecular weight is 322 g/mol. The largest absolute Gasteiger partial charge is 0.361 e. The molecule has 7 heteroatoms. The number of carbonyl (C=O) groups is 2. The van der Waals surface area contributed by atoms with Crippen LogP contribution in [0.15, 0.2) is 4.52 Å². The van der Waals surface area contributed by atoms with Crippen LogP contribution in [0.1, 0.15) is 42.7 Å². The zero-order valence-electron chi connectivity index (χ0n) is 14.3. The first-order chi connectivity index (χ1) is 10.9. The van der Waals surface area contributed by atoms with Crippen LogP contribution in [-0.2, 0) is 11.3 Å². The molecule has 23 heavy (non-hydrogen) atoms. The summed E-state index contributed by atoms with van der Waals surface area (Å²) in [5, 5.41) is 9.65. The summed E-state index contributed by atoms with van der Waals surface area (Å²) in [6.07, 6.45) is 3.31. The van der Waals surface area contributed by atoms with Crippen LogP contribution < -0.4 is 10.6 Å². The lowest BCUT2D eigenvalue weighted by Gasteiger charge is -2.29. The van der Waals surface area contributed by atoms with Gasteiger partial charge in [-0.15, -0.1) is 0 Å². The van der Waals surface area contributed by atoms with Gasteiger partial charge in [0, 0.05) is 31.6 Å². The third kappa shape index (κ3) is 4.24. The molecule has 1 aromatic heterocycles. The second kappa shape index (κ2) is 7.48. The Morgan fingerprint density at radius 2 is 1.91 bits per heavy atom. The second-order valence-electron chi connectivity index (χ2n) is 6.27. The van der Waals surface area contributed by atoms with Crippen LogP contribution in [0.4, 0.5) is 4.79 Å². The van der Waals surface area contributed by atoms with Crippen molar-refractivity contribution >= 4 is 11.9 Å². The predicted molar refractivity (Wildman–Crippen MR) is 85.8 cm³/mol. The summed E-state index contributed by atoms with van der Waals surface area (Å²) in [5.41, 5.74) is 1.76. The molecule has 2 rings (SSSR count). The van der Waals surface area contributed by atoms with Gasteiger partial charge in [0.05, 0.1) is 12.2 Å². The van der Waals surface area contributed by atoms with Crippen molar-refractivity contribution in [2.45, 2.75) is 52.1 Å². The lowest BCUT2D eigenvalue weighted by molar-refractivity contribution is -0.125. The van der Waals surface area contributed by atoms with Gasteiger partial charge in [-0.2, -0.15) is 0 Å². The smallest absolute Gasteiger partial charge is 0.317 e. The molecule has 1 aromatic rings. The van der Waals surface area contributed by atoms with Crippen molar-refractivity contribution in [2.24, 2.45) is 5.92 Å². The Hall–Kier alpha value is -2.05. The van der Waals surface area contributed by atoms with E-state index in [0.717, 1.165) is 42.7 Å². The van der Waals surface area contributed by atoms with Crippen molar-refractivity contribution in [3.8, 4) is 0 Å². The fraction of sp³-hybridized carbons (Fsp3) is 0.688. The lowest BCUT2D eigenvalue weighted by Crippen LogP contribution is -2.45. The molecule has 128 valence electrons. The molecule has 0 atom stereocenters. The first-order valence-corrected chi connectivity index (χ1v) is 8.07. The highest BCUT2D eigenvalue weighted by atomic mass is 16.5. The summed E-state index contributed by atoms with van der Waals surface area (Å²) >= 11 is 0. The molecule has 7 nitrogen and oxygen atoms in total. The molecule has 1 saturated carbocycles. The van der Waals surface area contributed by atoms with Crippen molar-refractivity contribution < 1.29 is 14.1 Å². The van der Waals surface area contributed by atoms with E-state index in [9.17, 15) is 9.59 Å². The predicted octanol–water partition coefficient (Wildman–Crippen LogP) is 1.74. The molecule has 1 aliphatic rings. The summed E-state index contributed by atoms with van der Waals surface area (Å²) in [5.74, 6) is 0.923. The SMILES string of the molecule is CNC(=O)C1CCC(NC(=O)N(C)Cc2c(C)noc2C)CC1. The number of hydrogen-bond donors (Lipinski definition) is 2. The van der Waals surface area contributed by atoms with Gasteiger partial charge in [-0.1, -0.05) is 5.16 Å². The minimum absolute atomic E-state index is 0.0770. The molecule has 1 aliphatic carbocycles. The zero-order valence-corrected chi connectivity index (χ0v) is 14.3. The minimum atomic E-state index is -0.103. The third-order valence-corrected chi connectivity index (χ3v) is 4.60. The first kappa shape index (κ1) is 17.3. The maximum atomic E-state index is 12.3. The van der Waals surface area contributed by atoms with Gasteiger partial charge in [0.15, 0.2) is 0 Å². The molecule has 0 aliphatic heterocycles. The highest BCUT2D eigenvalue weighted by Crippen LogP contribution is 2.24. The molecule has 2 N–H and O–H groups in total. The van der Waals surface area contributed by atoms with Gasteiger partial charge in [-0.3, -0.25) is 4.79 Å². The number of hydrogen-bond acceptors (Lipinski definition) is 4. The Morgan fingerprint density at radius 1 is 1.26 bits per heavy atom. The van der Waals surface area contributed by atoms with Gasteiger partial charge in [0.25, 0.3) is 0 Å². The van der Waals surface area contributed by atoms with Gasteiger partial charge in [-0.05, 0) is 39.5 Å². The molecular weight excluding hydrogens is 296 g/mol. The van der Waals surface area contributed by atoms with E-state index in [1.165, 1.54) is 0 Å². The Labute approximate surface area is 136 Å². The van der Waals surface area contributed by atoms with Gasteiger partial charge < -0.3 is 20.1 Å². The quantitative estimate of drug-likeness (QED) is 0.884. The average Bonchev–Trinajstić information content (AvgIpc) is 2.86. The molecule has 1 fully saturated rings. The lowest BCUT2D eigenvalue weighted by atomic mass is 9.85. The van der Waals surface area contributed by atoms with Crippen molar-refractivity contribution in [2.75, 3.05) is 14.1 Å². The van der Waals surface area contributed by atoms with Gasteiger partial charge >= 0.3 is 6.03 Å². The Morgan fingerprint density at radius 3 is 2.43 bits per heavy atom. The number of aryl methyl sites for hydroxylation is 2. The van der Waals surface area contributed by atoms with Crippen LogP contribution in [0.2, 0.25) is 0 Å². The molecular formula is C16H26N4O3. The van der Waals surface area contributed by atoms with Crippen LogP contribution in [0.25, 0.3) is 0 Å². The maximum absolute atomic E-state index is 12.3. The summed E-state index contributed by atoms with van der Waals surface area (Å²) < 4.78 is 5.12. The Balaban J connectivity index is 1.82. The number of rotatable bonds is 4. The van der Waals surface area contributed by atoms with E-state index in [0.29, 0.717) is 6.54 Å². The van der Waals surface area contributed by atoms with E-state index >= 15 is 0 Å². The minimum Gasteiger partial charge on any atom is -0.361 e. The van der Waals surface area contributed by atoms with Crippen molar-refractivity contribution in [1.82, 2.24) is 20.7 Å². The van der Waals surface area contributed by atoms with Crippen molar-refractivity contribution in [3.05, 3.63) is 17.0 Å². The molecule has 0 bridgehead atoms. The maximum Gasteiger partial charge on any atom is 0.317 e. The second-order valence-corrected chi connectivity index (χ2v) is 6.27. The summed E-state index contributed by atoms with van der Waals surface area (Å²) in [6, 6.07) is 0.0314. The van der Waals surface area contributed by atoms with Crippen LogP contribution in [0.5, 0.6) is 0 Å². The topological polar surface area (TPSA) is 87.5 Å². The third-order valence-electron chi connectivity index (χ3n) is 4.60. The van der Waals surface area contributed by atoms with Crippen molar-refractivity contribution in [1.29, 1.82) is 0 Å². The normalized spacial score (nSPS) is 20.9. The van der Waals surface area contributed by atoms with E-state index in [1.807, 2.05) is 13.8 Å². The van der Waals surface area contributed by atoms with Crippen molar-refractivity contribution in [3.63, 3.8) is 0 Å². The van der Waals surface area contributed by atoms with Crippen LogP contribution in [-0.4, -0.2) is 42.1 Å². The zero-order chi connectivity index (χ0) is 17.0. The number of aromatic nitrogens is 1. The van der Waals surface area contributed by atoms with Gasteiger partial charge in [-0.25, -0.2) is 4.79 Å². The van der Waals surface area contributed by atoms with E-state index in [1.54, 1.807) is 19.0 Å². The number of amides is 3. The molecule has 0 saturated heterocycles. The summed E-state index contributed by atoms with van der Waals surface area (Å²) in [6.45, 7) is 4.19. The molecule has 0 aromatic carbocycles. The first-order valence-electron chi connectivity index (χ1n) is 8.07. The van der Waals surface area contributed by atoms with Gasteiger partial charge in [0.2, 0.25) is 5.91 Å². The number of urea groups is 1. The molecule has 0 unspecified atom stereocenters. The van der Waals surface area contributed by atoms with Crippen LogP contribution in [0, 0.1) is 19.8 Å². The molecule has 3 amide bonds. The highest BCUT2D eigenvalue weighted by Gasteiger charge is 2.27. The molecule has 1 heterocycles. The highest BCUT2D eigenvalue weighted by molar-refractivity contribution is 5.78. The Bertz CT molecular complexity index is 542. The number of nitrogens with zero attached hydrogens (tertiary/aromatic N) is 2. The summed E-state index contributed by atoms with van der Waals surface area (Å²) in [7, 11) is 3.43. The molecule has 0 radical (unpaired) electrons. The van der Waals surface area contributed by atoms with E-state index in [4.69, 9.17) is 4.52 Å². The molecule has 0 spiro atoms. The monoisotopic (exact) mass is 322 g/mol. The van der Waals surface area contributed by atoms with E-state index < -0.39 is 0 Å². The van der Waals surface area contributed by atoms with Crippen LogP contribution >= 0.6 is 0 Å². The number of nitrogens with one attached hydrogen (secondary N) is 2. The Kier molecular flexibility index (Phi) is 5.63. The van der Waals surface area contributed by atoms with E-state index in [2.05, 4.69) is 15.8 Å². The van der Waals surface area contributed by atoms with Gasteiger partial charge in [0.1, 0.15) is 5.76 Å².